The summed E-state index contributed by atoms with van der Waals surface area (Å²) < 4.78 is 5.21. The van der Waals surface area contributed by atoms with Crippen molar-refractivity contribution in [3.8, 4) is 0 Å². The Morgan fingerprint density at radius 1 is 1.10 bits per heavy atom. The summed E-state index contributed by atoms with van der Waals surface area (Å²) in [6, 6.07) is 2.97. The number of carbonyl (C=O) groups is 1. The minimum absolute atomic E-state index is 0.263. The Balaban J connectivity index is 2.25. The van der Waals surface area contributed by atoms with Crippen LogP contribution in [0.4, 0.5) is 5.69 Å². The molecular weight excluding hydrogens is 309 g/mol. The molecule has 0 atom stereocenters. The number of nitrogens with two attached hydrogens (primary N) is 1. The van der Waals surface area contributed by atoms with E-state index in [0.29, 0.717) is 12.2 Å². The van der Waals surface area contributed by atoms with E-state index in [2.05, 4.69) is 6.92 Å². The van der Waals surface area contributed by atoms with Gasteiger partial charge in [-0.2, -0.15) is 0 Å². The number of unbranched alkanes of at least 4 members (excludes halogenated alkanes) is 6. The maximum atomic E-state index is 11.9. The highest BCUT2D eigenvalue weighted by atomic mass is 35.5. The second-order valence-corrected chi connectivity index (χ2v) is 5.90. The smallest absolute Gasteiger partial charge is 0.338 e. The van der Waals surface area contributed by atoms with E-state index in [9.17, 15) is 4.79 Å². The van der Waals surface area contributed by atoms with Gasteiger partial charge in [0.15, 0.2) is 0 Å². The molecular formula is C16H23Cl2NO2. The Hall–Kier alpha value is -0.930. The molecule has 0 aromatic heterocycles. The van der Waals surface area contributed by atoms with E-state index in [1.54, 1.807) is 0 Å². The first-order chi connectivity index (χ1) is 10.1. The highest BCUT2D eigenvalue weighted by Crippen LogP contribution is 2.29. The summed E-state index contributed by atoms with van der Waals surface area (Å²) >= 11 is 11.7. The number of ether oxygens (including phenoxy) is 1. The third kappa shape index (κ3) is 6.58. The van der Waals surface area contributed by atoms with Crippen LogP contribution in [0.1, 0.15) is 62.2 Å². The molecule has 0 aliphatic rings. The van der Waals surface area contributed by atoms with E-state index >= 15 is 0 Å². The van der Waals surface area contributed by atoms with E-state index < -0.39 is 5.97 Å². The maximum absolute atomic E-state index is 11.9. The maximum Gasteiger partial charge on any atom is 0.338 e. The van der Waals surface area contributed by atoms with Gasteiger partial charge in [-0.05, 0) is 18.6 Å². The normalized spacial score (nSPS) is 10.6. The number of carbonyl (C=O) groups excluding carboxylic acids is 1. The molecule has 0 saturated carbocycles. The van der Waals surface area contributed by atoms with Gasteiger partial charge in [0.1, 0.15) is 0 Å². The van der Waals surface area contributed by atoms with Gasteiger partial charge in [-0.1, -0.05) is 68.7 Å². The van der Waals surface area contributed by atoms with Crippen molar-refractivity contribution in [2.75, 3.05) is 12.3 Å². The molecule has 1 aromatic rings. The minimum atomic E-state index is -0.411. The summed E-state index contributed by atoms with van der Waals surface area (Å²) in [7, 11) is 0. The lowest BCUT2D eigenvalue weighted by atomic mass is 10.1. The second kappa shape index (κ2) is 9.91. The molecule has 0 fully saturated rings. The number of benzene rings is 1. The first-order valence-corrected chi connectivity index (χ1v) is 8.23. The lowest BCUT2D eigenvalue weighted by Gasteiger charge is -2.07. The van der Waals surface area contributed by atoms with Crippen LogP contribution in [-0.2, 0) is 4.74 Å². The number of esters is 1. The molecule has 1 rings (SSSR count). The Morgan fingerprint density at radius 2 is 1.71 bits per heavy atom. The molecule has 0 heterocycles. The first kappa shape index (κ1) is 18.1. The first-order valence-electron chi connectivity index (χ1n) is 7.48. The predicted molar refractivity (Wildman–Crippen MR) is 89.1 cm³/mol. The van der Waals surface area contributed by atoms with Crippen LogP contribution in [0.15, 0.2) is 12.1 Å². The van der Waals surface area contributed by atoms with Crippen LogP contribution >= 0.6 is 23.2 Å². The molecule has 2 N–H and O–H groups in total. The SMILES string of the molecule is CCCCCCCCCOC(=O)c1cc(N)c(Cl)c(Cl)c1. The monoisotopic (exact) mass is 331 g/mol. The van der Waals surface area contributed by atoms with Gasteiger partial charge < -0.3 is 10.5 Å². The van der Waals surface area contributed by atoms with Crippen LogP contribution in [0.2, 0.25) is 10.0 Å². The molecule has 3 nitrogen and oxygen atoms in total. The molecule has 0 spiro atoms. The van der Waals surface area contributed by atoms with Crippen molar-refractivity contribution in [2.45, 2.75) is 51.9 Å². The molecule has 118 valence electrons. The van der Waals surface area contributed by atoms with Gasteiger partial charge in [0.25, 0.3) is 0 Å². The lowest BCUT2D eigenvalue weighted by molar-refractivity contribution is 0.0497. The summed E-state index contributed by atoms with van der Waals surface area (Å²) in [6.45, 7) is 2.63. The topological polar surface area (TPSA) is 52.3 Å². The van der Waals surface area contributed by atoms with Gasteiger partial charge in [-0.15, -0.1) is 0 Å². The Bertz CT molecular complexity index is 441. The van der Waals surface area contributed by atoms with Gasteiger partial charge >= 0.3 is 5.97 Å². The standard InChI is InChI=1S/C16H23Cl2NO2/c1-2-3-4-5-6-7-8-9-21-16(20)12-10-13(17)15(18)14(19)11-12/h10-11H,2-9,19H2,1H3. The largest absolute Gasteiger partial charge is 0.462 e. The molecule has 0 bridgehead atoms. The Morgan fingerprint density at radius 3 is 2.33 bits per heavy atom. The molecule has 0 aliphatic carbocycles. The number of hydrogen-bond acceptors (Lipinski definition) is 3. The summed E-state index contributed by atoms with van der Waals surface area (Å²) in [4.78, 5) is 11.9. The minimum Gasteiger partial charge on any atom is -0.462 e. The number of hydrogen-bond donors (Lipinski definition) is 1. The summed E-state index contributed by atoms with van der Waals surface area (Å²) in [5.74, 6) is -0.411. The van der Waals surface area contributed by atoms with Crippen LogP contribution in [0.25, 0.3) is 0 Å². The quantitative estimate of drug-likeness (QED) is 0.370. The van der Waals surface area contributed by atoms with Gasteiger partial charge in [0.2, 0.25) is 0 Å². The molecule has 5 heteroatoms. The van der Waals surface area contributed by atoms with E-state index in [1.807, 2.05) is 0 Å². The summed E-state index contributed by atoms with van der Waals surface area (Å²) in [5, 5.41) is 0.528. The molecule has 1 aromatic carbocycles. The van der Waals surface area contributed by atoms with Crippen molar-refractivity contribution in [1.29, 1.82) is 0 Å². The fraction of sp³-hybridized carbons (Fsp3) is 0.562. The fourth-order valence-electron chi connectivity index (χ4n) is 2.04. The van der Waals surface area contributed by atoms with Crippen LogP contribution < -0.4 is 5.73 Å². The number of rotatable bonds is 9. The fourth-order valence-corrected chi connectivity index (χ4v) is 2.37. The van der Waals surface area contributed by atoms with E-state index in [0.717, 1.165) is 12.8 Å². The number of nitrogen functional groups attached to an aromatic ring is 1. The number of halogens is 2. The van der Waals surface area contributed by atoms with Crippen LogP contribution in [-0.4, -0.2) is 12.6 Å². The van der Waals surface area contributed by atoms with E-state index in [-0.39, 0.29) is 15.7 Å². The molecule has 0 unspecified atom stereocenters. The average Bonchev–Trinajstić information content (AvgIpc) is 2.46. The van der Waals surface area contributed by atoms with Gasteiger partial charge in [-0.25, -0.2) is 4.79 Å². The summed E-state index contributed by atoms with van der Waals surface area (Å²) in [6.07, 6.45) is 8.26. The molecule has 0 aliphatic heterocycles. The van der Waals surface area contributed by atoms with Crippen LogP contribution in [0.3, 0.4) is 0 Å². The molecule has 21 heavy (non-hydrogen) atoms. The van der Waals surface area contributed by atoms with Crippen molar-refractivity contribution in [1.82, 2.24) is 0 Å². The predicted octanol–water partition coefficient (Wildman–Crippen LogP) is 5.48. The van der Waals surface area contributed by atoms with E-state index in [4.69, 9.17) is 33.7 Å². The van der Waals surface area contributed by atoms with Crippen LogP contribution in [0, 0.1) is 0 Å². The molecule has 0 saturated heterocycles. The van der Waals surface area contributed by atoms with Gasteiger partial charge in [0, 0.05) is 0 Å². The third-order valence-electron chi connectivity index (χ3n) is 3.27. The van der Waals surface area contributed by atoms with Gasteiger partial charge in [0.05, 0.1) is 27.9 Å². The summed E-state index contributed by atoms with van der Waals surface area (Å²) in [5.41, 5.74) is 6.29. The van der Waals surface area contributed by atoms with Crippen molar-refractivity contribution < 1.29 is 9.53 Å². The second-order valence-electron chi connectivity index (χ2n) is 5.12. The Labute approximate surface area is 136 Å². The highest BCUT2D eigenvalue weighted by molar-refractivity contribution is 6.43. The molecule has 0 radical (unpaired) electrons. The van der Waals surface area contributed by atoms with Crippen molar-refractivity contribution in [3.63, 3.8) is 0 Å². The van der Waals surface area contributed by atoms with Crippen molar-refractivity contribution in [2.24, 2.45) is 0 Å². The lowest BCUT2D eigenvalue weighted by Crippen LogP contribution is -2.07. The average molecular weight is 332 g/mol. The zero-order valence-corrected chi connectivity index (χ0v) is 14.0. The zero-order valence-electron chi connectivity index (χ0n) is 12.5. The van der Waals surface area contributed by atoms with Gasteiger partial charge in [-0.3, -0.25) is 0 Å². The van der Waals surface area contributed by atoms with Crippen molar-refractivity contribution >= 4 is 34.9 Å². The zero-order chi connectivity index (χ0) is 15.7. The van der Waals surface area contributed by atoms with Crippen LogP contribution in [0.5, 0.6) is 0 Å². The number of anilines is 1. The Kier molecular flexibility index (Phi) is 8.55. The highest BCUT2D eigenvalue weighted by Gasteiger charge is 2.12. The third-order valence-corrected chi connectivity index (χ3v) is 4.09. The molecule has 0 amide bonds. The van der Waals surface area contributed by atoms with Crippen molar-refractivity contribution in [3.05, 3.63) is 27.7 Å². The van der Waals surface area contributed by atoms with E-state index in [1.165, 1.54) is 44.2 Å².